The number of anilines is 1. The second kappa shape index (κ2) is 8.24. The number of nitrogens with zero attached hydrogens (tertiary/aromatic N) is 4. The minimum atomic E-state index is -0.162. The third kappa shape index (κ3) is 4.05. The molecule has 2 saturated heterocycles. The van der Waals surface area contributed by atoms with Gasteiger partial charge in [-0.05, 0) is 31.0 Å². The van der Waals surface area contributed by atoms with E-state index in [-0.39, 0.29) is 11.9 Å². The predicted molar refractivity (Wildman–Crippen MR) is 106 cm³/mol. The van der Waals surface area contributed by atoms with Crippen molar-refractivity contribution in [3.8, 4) is 11.3 Å². The van der Waals surface area contributed by atoms with Crippen molar-refractivity contribution in [2.45, 2.75) is 12.8 Å². The van der Waals surface area contributed by atoms with E-state index in [2.05, 4.69) is 25.7 Å². The van der Waals surface area contributed by atoms with E-state index in [1.165, 1.54) is 12.8 Å². The van der Waals surface area contributed by atoms with Gasteiger partial charge in [-0.2, -0.15) is 10.2 Å². The largest absolute Gasteiger partial charge is 0.370 e. The van der Waals surface area contributed by atoms with Crippen molar-refractivity contribution in [2.75, 3.05) is 44.2 Å². The molecule has 0 radical (unpaired) electrons. The molecule has 1 aromatic carbocycles. The molecule has 8 nitrogen and oxygen atoms in total. The molecule has 1 aromatic heterocycles. The SMILES string of the molecule is O=C(NCCN1CCNC1=O)c1cccc(-c2cc(N3CCCC3)cnn2)c1. The molecular weight excluding hydrogens is 356 g/mol. The number of carbonyl (C=O) groups is 2. The maximum Gasteiger partial charge on any atom is 0.317 e. The van der Waals surface area contributed by atoms with Crippen LogP contribution in [0.5, 0.6) is 0 Å². The summed E-state index contributed by atoms with van der Waals surface area (Å²) in [6.07, 6.45) is 4.19. The van der Waals surface area contributed by atoms with Gasteiger partial charge in [0.25, 0.3) is 5.91 Å². The highest BCUT2D eigenvalue weighted by atomic mass is 16.2. The van der Waals surface area contributed by atoms with Crippen molar-refractivity contribution in [3.05, 3.63) is 42.1 Å². The van der Waals surface area contributed by atoms with Crippen LogP contribution in [0.15, 0.2) is 36.5 Å². The zero-order valence-electron chi connectivity index (χ0n) is 15.7. The van der Waals surface area contributed by atoms with Crippen LogP contribution in [-0.4, -0.2) is 66.3 Å². The molecule has 0 bridgehead atoms. The first-order chi connectivity index (χ1) is 13.7. The zero-order valence-corrected chi connectivity index (χ0v) is 15.7. The van der Waals surface area contributed by atoms with E-state index in [4.69, 9.17) is 0 Å². The summed E-state index contributed by atoms with van der Waals surface area (Å²) < 4.78 is 0. The summed E-state index contributed by atoms with van der Waals surface area (Å²) >= 11 is 0. The lowest BCUT2D eigenvalue weighted by molar-refractivity contribution is 0.0950. The van der Waals surface area contributed by atoms with Gasteiger partial charge in [-0.3, -0.25) is 4.79 Å². The van der Waals surface area contributed by atoms with Gasteiger partial charge in [0.15, 0.2) is 0 Å². The van der Waals surface area contributed by atoms with Gasteiger partial charge in [0.1, 0.15) is 0 Å². The van der Waals surface area contributed by atoms with Crippen LogP contribution in [0, 0.1) is 0 Å². The Morgan fingerprint density at radius 2 is 2.04 bits per heavy atom. The van der Waals surface area contributed by atoms with Gasteiger partial charge in [0.2, 0.25) is 0 Å². The molecule has 0 aliphatic carbocycles. The van der Waals surface area contributed by atoms with E-state index in [0.29, 0.717) is 31.7 Å². The van der Waals surface area contributed by atoms with Crippen molar-refractivity contribution in [2.24, 2.45) is 0 Å². The number of amides is 3. The molecule has 3 heterocycles. The Morgan fingerprint density at radius 1 is 1.18 bits per heavy atom. The molecule has 3 amide bonds. The van der Waals surface area contributed by atoms with Gasteiger partial charge >= 0.3 is 6.03 Å². The molecule has 146 valence electrons. The molecule has 2 aromatic rings. The van der Waals surface area contributed by atoms with Crippen LogP contribution in [0.1, 0.15) is 23.2 Å². The topological polar surface area (TPSA) is 90.5 Å². The highest BCUT2D eigenvalue weighted by molar-refractivity contribution is 5.95. The van der Waals surface area contributed by atoms with Crippen molar-refractivity contribution in [1.82, 2.24) is 25.7 Å². The maximum atomic E-state index is 12.5. The number of carbonyl (C=O) groups excluding carboxylic acids is 2. The molecule has 2 aliphatic heterocycles. The highest BCUT2D eigenvalue weighted by Gasteiger charge is 2.19. The third-order valence-electron chi connectivity index (χ3n) is 5.14. The Bertz CT molecular complexity index is 865. The first-order valence-electron chi connectivity index (χ1n) is 9.70. The monoisotopic (exact) mass is 380 g/mol. The molecule has 8 heteroatoms. The summed E-state index contributed by atoms with van der Waals surface area (Å²) in [5.74, 6) is -0.162. The summed E-state index contributed by atoms with van der Waals surface area (Å²) in [5, 5.41) is 14.0. The Kier molecular flexibility index (Phi) is 5.36. The van der Waals surface area contributed by atoms with Crippen molar-refractivity contribution in [1.29, 1.82) is 0 Å². The van der Waals surface area contributed by atoms with E-state index in [1.807, 2.05) is 24.3 Å². The normalized spacial score (nSPS) is 16.4. The average molecular weight is 380 g/mol. The van der Waals surface area contributed by atoms with Crippen molar-refractivity contribution >= 4 is 17.6 Å². The van der Waals surface area contributed by atoms with E-state index in [9.17, 15) is 9.59 Å². The molecule has 2 N–H and O–H groups in total. The Hall–Kier alpha value is -3.16. The lowest BCUT2D eigenvalue weighted by Gasteiger charge is -2.17. The van der Waals surface area contributed by atoms with Crippen molar-refractivity contribution < 1.29 is 9.59 Å². The van der Waals surface area contributed by atoms with Crippen LogP contribution in [0.25, 0.3) is 11.3 Å². The summed E-state index contributed by atoms with van der Waals surface area (Å²) in [7, 11) is 0. The number of hydrogen-bond acceptors (Lipinski definition) is 5. The Labute approximate surface area is 163 Å². The first-order valence-corrected chi connectivity index (χ1v) is 9.70. The predicted octanol–water partition coefficient (Wildman–Crippen LogP) is 1.50. The zero-order chi connectivity index (χ0) is 19.3. The fourth-order valence-corrected chi connectivity index (χ4v) is 3.60. The second-order valence-corrected chi connectivity index (χ2v) is 7.05. The number of benzene rings is 1. The van der Waals surface area contributed by atoms with Gasteiger partial charge in [0, 0.05) is 50.4 Å². The number of nitrogens with one attached hydrogen (secondary N) is 2. The maximum absolute atomic E-state index is 12.5. The highest BCUT2D eigenvalue weighted by Crippen LogP contribution is 2.24. The summed E-state index contributed by atoms with van der Waals surface area (Å²) in [6.45, 7) is 4.34. The van der Waals surface area contributed by atoms with Gasteiger partial charge in [-0.1, -0.05) is 12.1 Å². The first kappa shape index (κ1) is 18.2. The van der Waals surface area contributed by atoms with Gasteiger partial charge in [-0.15, -0.1) is 0 Å². The van der Waals surface area contributed by atoms with Crippen LogP contribution in [0.3, 0.4) is 0 Å². The fourth-order valence-electron chi connectivity index (χ4n) is 3.60. The summed E-state index contributed by atoms with van der Waals surface area (Å²) in [6, 6.07) is 9.34. The average Bonchev–Trinajstić information content (AvgIpc) is 3.40. The molecule has 28 heavy (non-hydrogen) atoms. The van der Waals surface area contributed by atoms with Crippen LogP contribution >= 0.6 is 0 Å². The van der Waals surface area contributed by atoms with E-state index in [1.54, 1.807) is 17.2 Å². The van der Waals surface area contributed by atoms with Gasteiger partial charge in [0.05, 0.1) is 17.6 Å². The Balaban J connectivity index is 1.41. The minimum absolute atomic E-state index is 0.0762. The van der Waals surface area contributed by atoms with Crippen LogP contribution in [0.2, 0.25) is 0 Å². The molecule has 4 rings (SSSR count). The smallest absolute Gasteiger partial charge is 0.317 e. The molecule has 0 unspecified atom stereocenters. The molecule has 0 saturated carbocycles. The summed E-state index contributed by atoms with van der Waals surface area (Å²) in [5.41, 5.74) is 3.26. The van der Waals surface area contributed by atoms with E-state index >= 15 is 0 Å². The third-order valence-corrected chi connectivity index (χ3v) is 5.14. The quantitative estimate of drug-likeness (QED) is 0.793. The van der Waals surface area contributed by atoms with Crippen LogP contribution in [0.4, 0.5) is 10.5 Å². The molecule has 2 fully saturated rings. The van der Waals surface area contributed by atoms with E-state index < -0.39 is 0 Å². The van der Waals surface area contributed by atoms with Gasteiger partial charge < -0.3 is 20.4 Å². The molecule has 2 aliphatic rings. The standard InChI is InChI=1S/C20H24N6O2/c27-19(21-6-10-26-11-7-22-20(26)28)16-5-3-4-15(12-16)18-13-17(14-23-24-18)25-8-1-2-9-25/h3-5,12-14H,1-2,6-11H2,(H,21,27)(H,22,28). The van der Waals surface area contributed by atoms with E-state index in [0.717, 1.165) is 30.0 Å². The number of aromatic nitrogens is 2. The second-order valence-electron chi connectivity index (χ2n) is 7.05. The van der Waals surface area contributed by atoms with Crippen LogP contribution < -0.4 is 15.5 Å². The fraction of sp³-hybridized carbons (Fsp3) is 0.400. The lowest BCUT2D eigenvalue weighted by Crippen LogP contribution is -2.36. The van der Waals surface area contributed by atoms with Gasteiger partial charge in [-0.25, -0.2) is 4.79 Å². The molecule has 0 atom stereocenters. The van der Waals surface area contributed by atoms with Crippen LogP contribution in [-0.2, 0) is 0 Å². The van der Waals surface area contributed by atoms with Crippen molar-refractivity contribution in [3.63, 3.8) is 0 Å². The summed E-state index contributed by atoms with van der Waals surface area (Å²) in [4.78, 5) is 28.0. The number of urea groups is 1. The molecule has 0 spiro atoms. The number of rotatable bonds is 6. The number of hydrogen-bond donors (Lipinski definition) is 2. The lowest BCUT2D eigenvalue weighted by atomic mass is 10.1. The minimum Gasteiger partial charge on any atom is -0.370 e. The Morgan fingerprint density at radius 3 is 2.82 bits per heavy atom. The molecular formula is C20H24N6O2.